The molecular formula is C14H22N2S2. The lowest BCUT2D eigenvalue weighted by molar-refractivity contribution is 0.392. The molecule has 1 saturated heterocycles. The summed E-state index contributed by atoms with van der Waals surface area (Å²) in [6, 6.07) is 0.524. The second kappa shape index (κ2) is 5.93. The molecule has 1 fully saturated rings. The first-order valence-corrected chi connectivity index (χ1v) is 9.15. The first-order chi connectivity index (χ1) is 8.88. The standard InChI is InChI=1S/C14H22N2S2/c1-2-7-15-13(10-6-8-17-9-10)14-16-11-4-3-5-12(11)18-14/h10,13,15H,2-9H2,1H3. The van der Waals surface area contributed by atoms with Gasteiger partial charge in [0.2, 0.25) is 0 Å². The summed E-state index contributed by atoms with van der Waals surface area (Å²) in [6.45, 7) is 3.37. The number of hydrogen-bond donors (Lipinski definition) is 1. The van der Waals surface area contributed by atoms with Crippen LogP contribution in [0.4, 0.5) is 0 Å². The van der Waals surface area contributed by atoms with Crippen molar-refractivity contribution in [3.05, 3.63) is 15.6 Å². The Labute approximate surface area is 118 Å². The molecule has 18 heavy (non-hydrogen) atoms. The van der Waals surface area contributed by atoms with Crippen LogP contribution in [0.15, 0.2) is 0 Å². The smallest absolute Gasteiger partial charge is 0.110 e. The van der Waals surface area contributed by atoms with E-state index in [1.54, 1.807) is 4.88 Å². The highest BCUT2D eigenvalue weighted by atomic mass is 32.2. The summed E-state index contributed by atoms with van der Waals surface area (Å²) in [7, 11) is 0. The van der Waals surface area contributed by atoms with Crippen LogP contribution in [-0.4, -0.2) is 23.0 Å². The average Bonchev–Trinajstić information content (AvgIpc) is 3.05. The highest BCUT2D eigenvalue weighted by Gasteiger charge is 2.30. The summed E-state index contributed by atoms with van der Waals surface area (Å²) < 4.78 is 0. The highest BCUT2D eigenvalue weighted by Crippen LogP contribution is 2.38. The van der Waals surface area contributed by atoms with Crippen LogP contribution in [0.5, 0.6) is 0 Å². The third-order valence-corrected chi connectivity index (χ3v) is 6.36. The largest absolute Gasteiger partial charge is 0.308 e. The molecule has 2 atom stereocenters. The number of nitrogens with one attached hydrogen (secondary N) is 1. The van der Waals surface area contributed by atoms with Crippen LogP contribution in [-0.2, 0) is 12.8 Å². The molecule has 2 nitrogen and oxygen atoms in total. The van der Waals surface area contributed by atoms with Gasteiger partial charge in [-0.25, -0.2) is 4.98 Å². The molecule has 1 aromatic heterocycles. The molecular weight excluding hydrogens is 260 g/mol. The zero-order valence-corrected chi connectivity index (χ0v) is 12.7. The number of aromatic nitrogens is 1. The quantitative estimate of drug-likeness (QED) is 0.895. The van der Waals surface area contributed by atoms with Gasteiger partial charge in [0.15, 0.2) is 0 Å². The number of thiazole rings is 1. The minimum atomic E-state index is 0.524. The van der Waals surface area contributed by atoms with Crippen molar-refractivity contribution in [3.8, 4) is 0 Å². The Morgan fingerprint density at radius 1 is 1.44 bits per heavy atom. The van der Waals surface area contributed by atoms with Crippen molar-refractivity contribution < 1.29 is 0 Å². The van der Waals surface area contributed by atoms with E-state index in [0.29, 0.717) is 6.04 Å². The summed E-state index contributed by atoms with van der Waals surface area (Å²) in [5.74, 6) is 3.44. The summed E-state index contributed by atoms with van der Waals surface area (Å²) in [4.78, 5) is 6.50. The second-order valence-electron chi connectivity index (χ2n) is 5.33. The van der Waals surface area contributed by atoms with Gasteiger partial charge in [-0.1, -0.05) is 6.92 Å². The van der Waals surface area contributed by atoms with Crippen LogP contribution in [0, 0.1) is 5.92 Å². The molecule has 1 aromatic rings. The molecule has 100 valence electrons. The van der Waals surface area contributed by atoms with Crippen molar-refractivity contribution in [2.24, 2.45) is 5.92 Å². The number of rotatable bonds is 5. The molecule has 0 radical (unpaired) electrons. The van der Waals surface area contributed by atoms with Crippen LogP contribution >= 0.6 is 23.1 Å². The molecule has 0 aromatic carbocycles. The number of thioether (sulfide) groups is 1. The predicted octanol–water partition coefficient (Wildman–Crippen LogP) is 3.43. The van der Waals surface area contributed by atoms with Crippen LogP contribution in [0.1, 0.15) is 47.8 Å². The van der Waals surface area contributed by atoms with Gasteiger partial charge in [-0.15, -0.1) is 11.3 Å². The molecule has 1 aliphatic carbocycles. The lowest BCUT2D eigenvalue weighted by Gasteiger charge is -2.22. The molecule has 0 spiro atoms. The Morgan fingerprint density at radius 3 is 3.11 bits per heavy atom. The van der Waals surface area contributed by atoms with Gasteiger partial charge in [0, 0.05) is 4.88 Å². The fourth-order valence-electron chi connectivity index (χ4n) is 2.91. The van der Waals surface area contributed by atoms with E-state index >= 15 is 0 Å². The molecule has 1 aliphatic heterocycles. The van der Waals surface area contributed by atoms with Crippen LogP contribution in [0.3, 0.4) is 0 Å². The maximum absolute atomic E-state index is 4.94. The summed E-state index contributed by atoms with van der Waals surface area (Å²) in [5, 5.41) is 5.13. The van der Waals surface area contributed by atoms with E-state index in [1.807, 2.05) is 11.3 Å². The van der Waals surface area contributed by atoms with Crippen molar-refractivity contribution >= 4 is 23.1 Å². The Morgan fingerprint density at radius 2 is 2.39 bits per heavy atom. The van der Waals surface area contributed by atoms with Gasteiger partial charge in [-0.05, 0) is 56.1 Å². The van der Waals surface area contributed by atoms with Gasteiger partial charge in [0.25, 0.3) is 0 Å². The third kappa shape index (κ3) is 2.61. The van der Waals surface area contributed by atoms with Gasteiger partial charge in [0.1, 0.15) is 5.01 Å². The zero-order chi connectivity index (χ0) is 12.4. The van der Waals surface area contributed by atoms with Crippen molar-refractivity contribution in [3.63, 3.8) is 0 Å². The molecule has 1 N–H and O–H groups in total. The molecule has 0 bridgehead atoms. The minimum Gasteiger partial charge on any atom is -0.308 e. The normalized spacial score (nSPS) is 24.4. The van der Waals surface area contributed by atoms with E-state index in [9.17, 15) is 0 Å². The SMILES string of the molecule is CCCNC(c1nc2c(s1)CCC2)C1CCSC1. The van der Waals surface area contributed by atoms with E-state index < -0.39 is 0 Å². The monoisotopic (exact) mass is 282 g/mol. The first kappa shape index (κ1) is 12.9. The summed E-state index contributed by atoms with van der Waals surface area (Å²) in [6.07, 6.45) is 6.37. The molecule has 2 heterocycles. The number of hydrogen-bond acceptors (Lipinski definition) is 4. The molecule has 2 aliphatic rings. The van der Waals surface area contributed by atoms with E-state index in [4.69, 9.17) is 4.98 Å². The number of nitrogens with zero attached hydrogens (tertiary/aromatic N) is 1. The summed E-state index contributed by atoms with van der Waals surface area (Å²) >= 11 is 4.09. The fraction of sp³-hybridized carbons (Fsp3) is 0.786. The third-order valence-electron chi connectivity index (χ3n) is 3.93. The fourth-order valence-corrected chi connectivity index (χ4v) is 5.54. The molecule has 3 rings (SSSR count). The Kier molecular flexibility index (Phi) is 4.27. The van der Waals surface area contributed by atoms with Gasteiger partial charge in [0.05, 0.1) is 11.7 Å². The highest BCUT2D eigenvalue weighted by molar-refractivity contribution is 7.99. The lowest BCUT2D eigenvalue weighted by Crippen LogP contribution is -2.29. The first-order valence-electron chi connectivity index (χ1n) is 7.18. The van der Waals surface area contributed by atoms with E-state index in [2.05, 4.69) is 24.0 Å². The number of fused-ring (bicyclic) bond motifs is 1. The van der Waals surface area contributed by atoms with E-state index in [-0.39, 0.29) is 0 Å². The van der Waals surface area contributed by atoms with E-state index in [0.717, 1.165) is 12.5 Å². The molecule has 0 amide bonds. The average molecular weight is 282 g/mol. The van der Waals surface area contributed by atoms with Crippen LogP contribution in [0.25, 0.3) is 0 Å². The molecule has 2 unspecified atom stereocenters. The van der Waals surface area contributed by atoms with Crippen LogP contribution in [0.2, 0.25) is 0 Å². The minimum absolute atomic E-state index is 0.524. The number of aryl methyl sites for hydroxylation is 2. The maximum Gasteiger partial charge on any atom is 0.110 e. The Balaban J connectivity index is 1.77. The lowest BCUT2D eigenvalue weighted by atomic mass is 9.99. The van der Waals surface area contributed by atoms with E-state index in [1.165, 1.54) is 54.3 Å². The second-order valence-corrected chi connectivity index (χ2v) is 7.60. The van der Waals surface area contributed by atoms with Gasteiger partial charge in [-0.3, -0.25) is 0 Å². The molecule has 4 heteroatoms. The Bertz CT molecular complexity index is 375. The predicted molar refractivity (Wildman–Crippen MR) is 80.6 cm³/mol. The van der Waals surface area contributed by atoms with Gasteiger partial charge < -0.3 is 5.32 Å². The van der Waals surface area contributed by atoms with Gasteiger partial charge in [-0.2, -0.15) is 11.8 Å². The van der Waals surface area contributed by atoms with Crippen molar-refractivity contribution in [2.75, 3.05) is 18.1 Å². The van der Waals surface area contributed by atoms with Gasteiger partial charge >= 0.3 is 0 Å². The zero-order valence-electron chi connectivity index (χ0n) is 11.1. The van der Waals surface area contributed by atoms with Crippen molar-refractivity contribution in [1.82, 2.24) is 10.3 Å². The molecule has 0 saturated carbocycles. The topological polar surface area (TPSA) is 24.9 Å². The maximum atomic E-state index is 4.94. The summed E-state index contributed by atoms with van der Waals surface area (Å²) in [5.41, 5.74) is 1.41. The van der Waals surface area contributed by atoms with Crippen molar-refractivity contribution in [1.29, 1.82) is 0 Å². The van der Waals surface area contributed by atoms with Crippen LogP contribution < -0.4 is 5.32 Å². The van der Waals surface area contributed by atoms with Crippen molar-refractivity contribution in [2.45, 2.75) is 45.1 Å². The Hall–Kier alpha value is -0.0600.